The first-order valence-electron chi connectivity index (χ1n) is 20.8. The molecule has 0 heteroatoms. The maximum Gasteiger partial charge on any atom is 0.0159 e. The zero-order valence-electron chi connectivity index (χ0n) is 33.1. The summed E-state index contributed by atoms with van der Waals surface area (Å²) in [5, 5.41) is 12.8. The predicted molar refractivity (Wildman–Crippen MR) is 253 cm³/mol. The van der Waals surface area contributed by atoms with Gasteiger partial charge in [0.1, 0.15) is 0 Å². The third-order valence-corrected chi connectivity index (χ3v) is 13.3. The van der Waals surface area contributed by atoms with E-state index in [9.17, 15) is 0 Å². The smallest absolute Gasteiger partial charge is 0.0159 e. The fraction of sp³-hybridized carbons (Fsp3) is 0.0508. The molecule has 11 aromatic carbocycles. The molecule has 0 aliphatic heterocycles. The molecule has 0 bridgehead atoms. The van der Waals surface area contributed by atoms with Crippen molar-refractivity contribution < 1.29 is 0 Å². The zero-order valence-corrected chi connectivity index (χ0v) is 33.1. The second-order valence-electron chi connectivity index (χ2n) is 16.7. The van der Waals surface area contributed by atoms with E-state index in [4.69, 9.17) is 0 Å². The van der Waals surface area contributed by atoms with Crippen molar-refractivity contribution >= 4 is 53.9 Å². The summed E-state index contributed by atoms with van der Waals surface area (Å²) in [6, 6.07) is 76.8. The molecule has 0 amide bonds. The van der Waals surface area contributed by atoms with Crippen molar-refractivity contribution in [2.24, 2.45) is 0 Å². The molecule has 0 N–H and O–H groups in total. The lowest BCUT2D eigenvalue weighted by Gasteiger charge is -2.21. The fourth-order valence-corrected chi connectivity index (χ4v) is 10.5. The second kappa shape index (κ2) is 12.9. The highest BCUT2D eigenvalue weighted by molar-refractivity contribution is 6.22. The Bertz CT molecular complexity index is 3430. The standard InChI is InChI=1S/C59H40/c1-59(2)53-25-13-24-45(57(53)58-44-17-6-3-14-37(44)34-35-54(58)59)38-26-30-40(31-27-38)55-48-20-9-11-22-50(48)56(51-23-12-10-21-49(51)55)41-32-28-39(29-33-41)52-36-42-15-4-5-16-43(42)46-18-7-8-19-47(46)52/h3-36H,1-2H3. The highest BCUT2D eigenvalue weighted by atomic mass is 14.4. The van der Waals surface area contributed by atoms with Crippen molar-refractivity contribution in [1.29, 1.82) is 0 Å². The minimum absolute atomic E-state index is 0.0740. The van der Waals surface area contributed by atoms with Gasteiger partial charge >= 0.3 is 0 Å². The van der Waals surface area contributed by atoms with E-state index in [1.165, 1.54) is 121 Å². The number of rotatable bonds is 4. The Morgan fingerprint density at radius 2 is 0.695 bits per heavy atom. The molecule has 0 nitrogen and oxygen atoms in total. The molecule has 0 saturated heterocycles. The van der Waals surface area contributed by atoms with Gasteiger partial charge in [0.15, 0.2) is 0 Å². The van der Waals surface area contributed by atoms with E-state index in [0.717, 1.165) is 0 Å². The van der Waals surface area contributed by atoms with Crippen LogP contribution in [0.1, 0.15) is 25.0 Å². The lowest BCUT2D eigenvalue weighted by atomic mass is 9.81. The average molecular weight is 749 g/mol. The fourth-order valence-electron chi connectivity index (χ4n) is 10.5. The van der Waals surface area contributed by atoms with E-state index in [1.54, 1.807) is 0 Å². The second-order valence-corrected chi connectivity index (χ2v) is 16.7. The summed E-state index contributed by atoms with van der Waals surface area (Å²) in [6.07, 6.45) is 0. The van der Waals surface area contributed by atoms with E-state index in [2.05, 4.69) is 220 Å². The summed E-state index contributed by atoms with van der Waals surface area (Å²) in [4.78, 5) is 0. The third kappa shape index (κ3) is 5.03. The largest absolute Gasteiger partial charge is 0.0616 e. The Balaban J connectivity index is 0.991. The molecular formula is C59H40. The van der Waals surface area contributed by atoms with Gasteiger partial charge in [0.2, 0.25) is 0 Å². The van der Waals surface area contributed by atoms with Crippen LogP contribution in [0.15, 0.2) is 206 Å². The maximum atomic E-state index is 2.38. The number of benzene rings is 11. The molecule has 0 atom stereocenters. The van der Waals surface area contributed by atoms with E-state index in [-0.39, 0.29) is 5.41 Å². The third-order valence-electron chi connectivity index (χ3n) is 13.3. The molecule has 12 rings (SSSR count). The van der Waals surface area contributed by atoms with Gasteiger partial charge in [-0.05, 0) is 127 Å². The Kier molecular flexibility index (Phi) is 7.38. The molecule has 1 aliphatic carbocycles. The maximum absolute atomic E-state index is 2.38. The Morgan fingerprint density at radius 3 is 1.29 bits per heavy atom. The van der Waals surface area contributed by atoms with Crippen LogP contribution in [0.4, 0.5) is 0 Å². The molecule has 0 aromatic heterocycles. The number of hydrogen-bond acceptors (Lipinski definition) is 0. The average Bonchev–Trinajstić information content (AvgIpc) is 3.54. The van der Waals surface area contributed by atoms with Gasteiger partial charge in [-0.1, -0.05) is 214 Å². The summed E-state index contributed by atoms with van der Waals surface area (Å²) < 4.78 is 0. The van der Waals surface area contributed by atoms with Gasteiger partial charge in [0.25, 0.3) is 0 Å². The molecule has 11 aromatic rings. The molecule has 0 fully saturated rings. The van der Waals surface area contributed by atoms with Crippen LogP contribution in [-0.4, -0.2) is 0 Å². The molecule has 59 heavy (non-hydrogen) atoms. The quantitative estimate of drug-likeness (QED) is 0.124. The first-order chi connectivity index (χ1) is 29.0. The van der Waals surface area contributed by atoms with Crippen LogP contribution in [0.3, 0.4) is 0 Å². The monoisotopic (exact) mass is 748 g/mol. The Labute approximate surface area is 344 Å². The molecule has 0 heterocycles. The van der Waals surface area contributed by atoms with Crippen LogP contribution in [0.5, 0.6) is 0 Å². The van der Waals surface area contributed by atoms with Crippen molar-refractivity contribution in [3.8, 4) is 55.6 Å². The SMILES string of the molecule is CC1(C)c2cccc(-c3ccc(-c4c5ccccc5c(-c5ccc(-c6cc7ccccc7c7ccccc67)cc5)c5ccccc45)cc3)c2-c2c1ccc1ccccc21. The van der Waals surface area contributed by atoms with Crippen LogP contribution in [0.2, 0.25) is 0 Å². The Morgan fingerprint density at radius 1 is 0.254 bits per heavy atom. The van der Waals surface area contributed by atoms with Crippen molar-refractivity contribution in [3.63, 3.8) is 0 Å². The molecule has 0 radical (unpaired) electrons. The van der Waals surface area contributed by atoms with E-state index in [1.807, 2.05) is 0 Å². The topological polar surface area (TPSA) is 0 Å². The summed E-state index contributed by atoms with van der Waals surface area (Å²) in [6.45, 7) is 4.75. The van der Waals surface area contributed by atoms with Gasteiger partial charge in [-0.2, -0.15) is 0 Å². The molecular weight excluding hydrogens is 709 g/mol. The van der Waals surface area contributed by atoms with Gasteiger partial charge in [0.05, 0.1) is 0 Å². The predicted octanol–water partition coefficient (Wildman–Crippen LogP) is 16.4. The zero-order chi connectivity index (χ0) is 39.2. The van der Waals surface area contributed by atoms with E-state index in [0.29, 0.717) is 0 Å². The first kappa shape index (κ1) is 33.8. The van der Waals surface area contributed by atoms with Crippen molar-refractivity contribution in [3.05, 3.63) is 217 Å². The normalized spacial score (nSPS) is 13.1. The lowest BCUT2D eigenvalue weighted by Crippen LogP contribution is -2.14. The van der Waals surface area contributed by atoms with E-state index < -0.39 is 0 Å². The van der Waals surface area contributed by atoms with Crippen LogP contribution in [0.25, 0.3) is 109 Å². The minimum atomic E-state index is -0.0740. The van der Waals surface area contributed by atoms with Crippen LogP contribution < -0.4 is 0 Å². The molecule has 276 valence electrons. The van der Waals surface area contributed by atoms with E-state index >= 15 is 0 Å². The van der Waals surface area contributed by atoms with Crippen molar-refractivity contribution in [1.82, 2.24) is 0 Å². The number of hydrogen-bond donors (Lipinski definition) is 0. The van der Waals surface area contributed by atoms with Crippen LogP contribution >= 0.6 is 0 Å². The summed E-state index contributed by atoms with van der Waals surface area (Å²) in [5.74, 6) is 0. The lowest BCUT2D eigenvalue weighted by molar-refractivity contribution is 0.661. The molecule has 0 saturated carbocycles. The van der Waals surface area contributed by atoms with Gasteiger partial charge < -0.3 is 0 Å². The summed E-state index contributed by atoms with van der Waals surface area (Å²) >= 11 is 0. The van der Waals surface area contributed by atoms with Gasteiger partial charge in [-0.3, -0.25) is 0 Å². The molecule has 1 aliphatic rings. The first-order valence-corrected chi connectivity index (χ1v) is 20.8. The van der Waals surface area contributed by atoms with Gasteiger partial charge in [-0.15, -0.1) is 0 Å². The molecule has 0 spiro atoms. The molecule has 0 unspecified atom stereocenters. The van der Waals surface area contributed by atoms with Crippen molar-refractivity contribution in [2.45, 2.75) is 19.3 Å². The minimum Gasteiger partial charge on any atom is -0.0616 e. The van der Waals surface area contributed by atoms with Crippen LogP contribution in [-0.2, 0) is 5.41 Å². The van der Waals surface area contributed by atoms with Crippen molar-refractivity contribution in [2.75, 3.05) is 0 Å². The summed E-state index contributed by atoms with van der Waals surface area (Å²) in [7, 11) is 0. The highest BCUT2D eigenvalue weighted by Gasteiger charge is 2.37. The number of fused-ring (bicyclic) bond motifs is 10. The van der Waals surface area contributed by atoms with Gasteiger partial charge in [-0.25, -0.2) is 0 Å². The summed E-state index contributed by atoms with van der Waals surface area (Å²) in [5.41, 5.74) is 15.5. The van der Waals surface area contributed by atoms with Gasteiger partial charge in [0, 0.05) is 5.41 Å². The van der Waals surface area contributed by atoms with Crippen LogP contribution in [0, 0.1) is 0 Å². The highest BCUT2D eigenvalue weighted by Crippen LogP contribution is 2.54. The Hall–Kier alpha value is -7.28.